The normalized spacial score (nSPS) is 34.6. The lowest BCUT2D eigenvalue weighted by Gasteiger charge is -2.44. The standard InChI is InChI=1S/C35H65N5O18S3/c1-52-33-31(53-8-2-11-60-13-7-39-22(43)4-5-23(44)40-37)29(50)26(47)20(57-33)16-55-34-32(28(49)25(46)18(14-41)56-34)54-9-3-10-59-12-6-38-21(36)17-61-35-30(51)27(48)24(45)19(15-42)58-35/h18-20,24-35,41-42,45-51H,2-17,37H2,1H3,(H2,36,38)(H,39,43)(H,40,44)/t18?,19?,20?,24-,25+,26+,27-,28-,29-,30?,31?,32?,33-,34-,35-/m0/s1. The van der Waals surface area contributed by atoms with Crippen LogP contribution < -0.4 is 22.3 Å². The zero-order valence-electron chi connectivity index (χ0n) is 34.0. The first kappa shape index (κ1) is 54.1. The largest absolute Gasteiger partial charge is 0.394 e. The molecule has 3 fully saturated rings. The van der Waals surface area contributed by atoms with Gasteiger partial charge in [0, 0.05) is 57.8 Å². The lowest BCUT2D eigenvalue weighted by molar-refractivity contribution is -0.335. The number of hydrogen-bond acceptors (Lipinski definition) is 23. The fourth-order valence-corrected chi connectivity index (χ4v) is 8.78. The number of hydrazine groups is 1. The topological polar surface area (TPSA) is 369 Å². The number of ether oxygens (including phenoxy) is 7. The monoisotopic (exact) mass is 939 g/mol. The molecule has 0 aromatic rings. The van der Waals surface area contributed by atoms with Gasteiger partial charge in [0.15, 0.2) is 12.6 Å². The second-order valence-electron chi connectivity index (χ2n) is 14.2. The molecule has 2 amide bonds. The molecule has 0 aromatic carbocycles. The number of carbonyl (C=O) groups excluding carboxylic acids is 2. The highest BCUT2D eigenvalue weighted by molar-refractivity contribution is 8.00. The summed E-state index contributed by atoms with van der Waals surface area (Å²) in [5.41, 5.74) is 7.04. The minimum Gasteiger partial charge on any atom is -0.394 e. The summed E-state index contributed by atoms with van der Waals surface area (Å²) in [6.07, 6.45) is -17.0. The van der Waals surface area contributed by atoms with Crippen molar-refractivity contribution in [3.05, 3.63) is 0 Å². The fraction of sp³-hybridized carbons (Fsp3) is 0.914. The molecule has 3 aliphatic rings. The van der Waals surface area contributed by atoms with Crippen LogP contribution in [-0.2, 0) is 42.7 Å². The summed E-state index contributed by atoms with van der Waals surface area (Å²) >= 11 is 4.21. The molecular formula is C35H65N5O18S3. The minimum absolute atomic E-state index is 0.00409. The molecule has 3 heterocycles. The number of rotatable bonds is 28. The number of aliphatic hydroxyl groups is 9. The first-order chi connectivity index (χ1) is 29.3. The van der Waals surface area contributed by atoms with Gasteiger partial charge in [-0.25, -0.2) is 5.84 Å². The van der Waals surface area contributed by atoms with E-state index in [-0.39, 0.29) is 50.2 Å². The zero-order valence-corrected chi connectivity index (χ0v) is 36.4. The van der Waals surface area contributed by atoms with E-state index in [1.807, 2.05) is 5.43 Å². The third-order valence-corrected chi connectivity index (χ3v) is 13.0. The van der Waals surface area contributed by atoms with E-state index in [0.29, 0.717) is 48.9 Å². The van der Waals surface area contributed by atoms with Crippen molar-refractivity contribution in [3.63, 3.8) is 0 Å². The van der Waals surface area contributed by atoms with Crippen LogP contribution in [0.15, 0.2) is 4.99 Å². The predicted octanol–water partition coefficient (Wildman–Crippen LogP) is -5.67. The Morgan fingerprint density at radius 2 is 1.25 bits per heavy atom. The van der Waals surface area contributed by atoms with E-state index in [9.17, 15) is 55.5 Å². The summed E-state index contributed by atoms with van der Waals surface area (Å²) in [6.45, 7) is -0.360. The Balaban J connectivity index is 1.36. The summed E-state index contributed by atoms with van der Waals surface area (Å²) in [5.74, 6) is 7.33. The van der Waals surface area contributed by atoms with Crippen LogP contribution in [0.4, 0.5) is 0 Å². The molecule has 0 aromatic heterocycles. The quantitative estimate of drug-likeness (QED) is 0.00868. The molecule has 61 heavy (non-hydrogen) atoms. The predicted molar refractivity (Wildman–Crippen MR) is 222 cm³/mol. The third-order valence-electron chi connectivity index (χ3n) is 9.72. The van der Waals surface area contributed by atoms with Crippen molar-refractivity contribution in [2.45, 2.75) is 117 Å². The highest BCUT2D eigenvalue weighted by Gasteiger charge is 2.49. The van der Waals surface area contributed by atoms with Gasteiger partial charge in [0.2, 0.25) is 11.8 Å². The van der Waals surface area contributed by atoms with Gasteiger partial charge in [-0.05, 0) is 24.3 Å². The molecule has 6 unspecified atom stereocenters. The van der Waals surface area contributed by atoms with Gasteiger partial charge >= 0.3 is 0 Å². The van der Waals surface area contributed by atoms with Crippen LogP contribution in [0.25, 0.3) is 0 Å². The molecule has 356 valence electrons. The van der Waals surface area contributed by atoms with Crippen LogP contribution in [0.5, 0.6) is 0 Å². The molecule has 15 atom stereocenters. The molecule has 0 bridgehead atoms. The summed E-state index contributed by atoms with van der Waals surface area (Å²) in [7, 11) is 1.35. The summed E-state index contributed by atoms with van der Waals surface area (Å²) in [5, 5.41) is 95.2. The number of aliphatic hydroxyl groups excluding tert-OH is 9. The van der Waals surface area contributed by atoms with Crippen molar-refractivity contribution in [3.8, 4) is 0 Å². The lowest BCUT2D eigenvalue weighted by Crippen LogP contribution is -2.62. The molecule has 3 rings (SSSR count). The highest BCUT2D eigenvalue weighted by Crippen LogP contribution is 2.30. The van der Waals surface area contributed by atoms with Gasteiger partial charge in [-0.3, -0.25) is 20.0 Å². The van der Waals surface area contributed by atoms with E-state index < -0.39 is 110 Å². The zero-order chi connectivity index (χ0) is 44.9. The van der Waals surface area contributed by atoms with Crippen LogP contribution in [0, 0.1) is 0 Å². The van der Waals surface area contributed by atoms with Gasteiger partial charge in [0.05, 0.1) is 25.6 Å². The fourth-order valence-electron chi connectivity index (χ4n) is 6.25. The Kier molecular flexibility index (Phi) is 26.0. The molecule has 0 radical (unpaired) electrons. The SMILES string of the molecule is CO[C@H]1OC(CO[C@H]2OC(CO)[C@@H](O)[C@H](O)C2OCCCSCCN=C(N)CS[C@@H]2OC(CO)[C@H](O)[C@H](O)C2O)[C@@H](O)[C@H](O)C1OCCCSCCNC(=O)CCC(=O)NN. The van der Waals surface area contributed by atoms with E-state index in [4.69, 9.17) is 44.7 Å². The maximum atomic E-state index is 11.8. The smallest absolute Gasteiger partial charge is 0.234 e. The summed E-state index contributed by atoms with van der Waals surface area (Å²) in [6, 6.07) is 0. The van der Waals surface area contributed by atoms with Crippen LogP contribution >= 0.6 is 35.3 Å². The Hall–Kier alpha value is -1.22. The molecule has 26 heteroatoms. The Bertz CT molecular complexity index is 1290. The van der Waals surface area contributed by atoms with Crippen LogP contribution in [0.1, 0.15) is 25.7 Å². The molecule has 3 saturated heterocycles. The summed E-state index contributed by atoms with van der Waals surface area (Å²) < 4.78 is 40.0. The first-order valence-electron chi connectivity index (χ1n) is 19.9. The van der Waals surface area contributed by atoms with Crippen LogP contribution in [0.2, 0.25) is 0 Å². The molecule has 0 saturated carbocycles. The molecule has 0 aliphatic carbocycles. The van der Waals surface area contributed by atoms with Gasteiger partial charge in [0.25, 0.3) is 0 Å². The molecule has 3 aliphatic heterocycles. The maximum Gasteiger partial charge on any atom is 0.234 e. The van der Waals surface area contributed by atoms with E-state index in [2.05, 4.69) is 10.3 Å². The number of thioether (sulfide) groups is 3. The van der Waals surface area contributed by atoms with Crippen molar-refractivity contribution in [1.82, 2.24) is 10.7 Å². The number of nitrogens with one attached hydrogen (secondary N) is 2. The van der Waals surface area contributed by atoms with E-state index >= 15 is 0 Å². The number of amides is 2. The first-order valence-corrected chi connectivity index (χ1v) is 23.3. The Morgan fingerprint density at radius 3 is 1.87 bits per heavy atom. The second kappa shape index (κ2) is 29.3. The molecule has 23 nitrogen and oxygen atoms in total. The summed E-state index contributed by atoms with van der Waals surface area (Å²) in [4.78, 5) is 27.2. The van der Waals surface area contributed by atoms with Gasteiger partial charge < -0.3 is 90.2 Å². The lowest BCUT2D eigenvalue weighted by atomic mass is 9.98. The molecule has 15 N–H and O–H groups in total. The second-order valence-corrected chi connectivity index (χ2v) is 17.7. The molecular weight excluding hydrogens is 875 g/mol. The number of nitrogens with two attached hydrogens (primary N) is 2. The van der Waals surface area contributed by atoms with Crippen LogP contribution in [-0.4, -0.2) is 237 Å². The number of carbonyl (C=O) groups is 2. The highest BCUT2D eigenvalue weighted by atomic mass is 32.2. The number of hydrogen-bond donors (Lipinski definition) is 13. The van der Waals surface area contributed by atoms with Gasteiger partial charge in [0.1, 0.15) is 84.5 Å². The van der Waals surface area contributed by atoms with Crippen molar-refractivity contribution >= 4 is 52.9 Å². The van der Waals surface area contributed by atoms with E-state index in [1.165, 1.54) is 7.11 Å². The number of aliphatic imine (C=N–C) groups is 1. The Labute approximate surface area is 366 Å². The number of nitrogens with zero attached hydrogens (tertiary/aromatic N) is 1. The van der Waals surface area contributed by atoms with Gasteiger partial charge in [-0.2, -0.15) is 23.5 Å². The average molecular weight is 940 g/mol. The average Bonchev–Trinajstić information content (AvgIpc) is 3.26. The molecule has 0 spiro atoms. The number of methoxy groups -OCH3 is 1. The van der Waals surface area contributed by atoms with Crippen molar-refractivity contribution < 1.29 is 88.7 Å². The minimum atomic E-state index is -1.50. The van der Waals surface area contributed by atoms with E-state index in [1.54, 1.807) is 23.5 Å². The van der Waals surface area contributed by atoms with Gasteiger partial charge in [-0.15, -0.1) is 11.8 Å². The van der Waals surface area contributed by atoms with E-state index in [0.717, 1.165) is 11.8 Å². The Morgan fingerprint density at radius 1 is 0.689 bits per heavy atom. The third kappa shape index (κ3) is 17.6. The van der Waals surface area contributed by atoms with Crippen molar-refractivity contribution in [2.24, 2.45) is 16.6 Å². The maximum absolute atomic E-state index is 11.8. The number of amidine groups is 1. The van der Waals surface area contributed by atoms with Crippen LogP contribution in [0.3, 0.4) is 0 Å². The van der Waals surface area contributed by atoms with Crippen molar-refractivity contribution in [2.75, 3.05) is 82.0 Å². The van der Waals surface area contributed by atoms with Crippen molar-refractivity contribution in [1.29, 1.82) is 0 Å². The van der Waals surface area contributed by atoms with Gasteiger partial charge in [-0.1, -0.05) is 0 Å².